The molecule has 3 aromatic rings. The van der Waals surface area contributed by atoms with Crippen molar-refractivity contribution in [3.05, 3.63) is 77.1 Å². The van der Waals surface area contributed by atoms with Gasteiger partial charge in [0.05, 0.1) is 32.0 Å². The minimum absolute atomic E-state index is 0.0393. The summed E-state index contributed by atoms with van der Waals surface area (Å²) in [4.78, 5) is 27.8. The number of amides is 2. The van der Waals surface area contributed by atoms with Crippen molar-refractivity contribution in [1.29, 1.82) is 0 Å². The molecular weight excluding hydrogens is 458 g/mol. The predicted molar refractivity (Wildman–Crippen MR) is 132 cm³/mol. The zero-order chi connectivity index (χ0) is 25.1. The van der Waals surface area contributed by atoms with E-state index in [0.29, 0.717) is 43.9 Å². The molecule has 0 spiro atoms. The van der Waals surface area contributed by atoms with Crippen LogP contribution in [0.4, 0.5) is 0 Å². The number of likely N-dealkylation sites (tertiary alicyclic amines) is 1. The van der Waals surface area contributed by atoms with Gasteiger partial charge in [0.25, 0.3) is 5.91 Å². The fourth-order valence-corrected chi connectivity index (χ4v) is 4.85. The van der Waals surface area contributed by atoms with Crippen molar-refractivity contribution >= 4 is 11.8 Å². The van der Waals surface area contributed by atoms with E-state index in [2.05, 4.69) is 15.6 Å². The second kappa shape index (κ2) is 10.5. The maximum absolute atomic E-state index is 13.2. The summed E-state index contributed by atoms with van der Waals surface area (Å²) >= 11 is 0. The molecule has 2 aliphatic heterocycles. The van der Waals surface area contributed by atoms with Crippen LogP contribution < -0.4 is 10.1 Å². The van der Waals surface area contributed by atoms with Gasteiger partial charge in [0, 0.05) is 19.0 Å². The molecule has 2 amide bonds. The zero-order valence-electron chi connectivity index (χ0n) is 20.6. The topological polar surface area (TPSA) is 98.6 Å². The molecule has 0 saturated carbocycles. The molecule has 2 atom stereocenters. The van der Waals surface area contributed by atoms with Crippen LogP contribution in [0, 0.1) is 5.92 Å². The summed E-state index contributed by atoms with van der Waals surface area (Å²) in [5.74, 6) is 0.565. The number of ether oxygens (including phenoxy) is 2. The van der Waals surface area contributed by atoms with Crippen LogP contribution in [-0.4, -0.2) is 51.9 Å². The Bertz CT molecular complexity index is 1200. The SMILES string of the molecule is COc1ccc(C2Cn3nnc(C(=O)N4CCC(C(=O)NC(C)c5ccccc5)CC4)c3CO2)cc1. The van der Waals surface area contributed by atoms with Crippen molar-refractivity contribution in [3.63, 3.8) is 0 Å². The lowest BCUT2D eigenvalue weighted by Crippen LogP contribution is -2.43. The van der Waals surface area contributed by atoms with Gasteiger partial charge in [0.2, 0.25) is 5.91 Å². The number of hydrogen-bond acceptors (Lipinski definition) is 6. The molecule has 1 fully saturated rings. The molecule has 36 heavy (non-hydrogen) atoms. The third kappa shape index (κ3) is 4.97. The fourth-order valence-electron chi connectivity index (χ4n) is 4.85. The Morgan fingerprint density at radius 3 is 2.50 bits per heavy atom. The molecule has 2 aromatic carbocycles. The van der Waals surface area contributed by atoms with Gasteiger partial charge in [-0.2, -0.15) is 0 Å². The van der Waals surface area contributed by atoms with Gasteiger partial charge in [0.15, 0.2) is 5.69 Å². The van der Waals surface area contributed by atoms with Crippen LogP contribution in [0.15, 0.2) is 54.6 Å². The van der Waals surface area contributed by atoms with Gasteiger partial charge in [-0.05, 0) is 43.0 Å². The first-order chi connectivity index (χ1) is 17.5. The number of benzene rings is 2. The Morgan fingerprint density at radius 1 is 1.08 bits per heavy atom. The third-order valence-electron chi connectivity index (χ3n) is 7.10. The number of fused-ring (bicyclic) bond motifs is 1. The molecule has 0 radical (unpaired) electrons. The molecule has 5 rings (SSSR count). The summed E-state index contributed by atoms with van der Waals surface area (Å²) in [5, 5.41) is 11.5. The third-order valence-corrected chi connectivity index (χ3v) is 7.10. The van der Waals surface area contributed by atoms with E-state index in [-0.39, 0.29) is 36.5 Å². The smallest absolute Gasteiger partial charge is 0.276 e. The van der Waals surface area contributed by atoms with E-state index < -0.39 is 0 Å². The molecule has 0 aliphatic carbocycles. The largest absolute Gasteiger partial charge is 0.497 e. The molecular formula is C27H31N5O4. The van der Waals surface area contributed by atoms with Gasteiger partial charge >= 0.3 is 0 Å². The highest BCUT2D eigenvalue weighted by molar-refractivity contribution is 5.93. The van der Waals surface area contributed by atoms with Crippen molar-refractivity contribution in [2.45, 2.75) is 45.1 Å². The first kappa shape index (κ1) is 24.0. The van der Waals surface area contributed by atoms with Gasteiger partial charge in [-0.15, -0.1) is 5.10 Å². The number of carbonyl (C=O) groups excluding carboxylic acids is 2. The standard InChI is InChI=1S/C27H31N5O4/c1-18(19-6-4-3-5-7-19)28-26(33)21-12-14-31(15-13-21)27(34)25-23-17-36-24(16-32(23)30-29-25)20-8-10-22(35-2)11-9-20/h3-11,18,21,24H,12-17H2,1-2H3,(H,28,33). The summed E-state index contributed by atoms with van der Waals surface area (Å²) in [6.45, 7) is 3.77. The van der Waals surface area contributed by atoms with E-state index in [0.717, 1.165) is 16.9 Å². The average molecular weight is 490 g/mol. The molecule has 1 saturated heterocycles. The number of carbonyl (C=O) groups is 2. The molecule has 9 heteroatoms. The molecule has 2 unspecified atom stereocenters. The molecule has 9 nitrogen and oxygen atoms in total. The van der Waals surface area contributed by atoms with E-state index in [1.54, 1.807) is 16.7 Å². The summed E-state index contributed by atoms with van der Waals surface area (Å²) in [6, 6.07) is 17.6. The van der Waals surface area contributed by atoms with E-state index in [9.17, 15) is 9.59 Å². The summed E-state index contributed by atoms with van der Waals surface area (Å²) in [7, 11) is 1.64. The number of hydrogen-bond donors (Lipinski definition) is 1. The predicted octanol–water partition coefficient (Wildman–Crippen LogP) is 3.29. The Kier molecular flexibility index (Phi) is 6.99. The van der Waals surface area contributed by atoms with Crippen LogP contribution in [0.2, 0.25) is 0 Å². The van der Waals surface area contributed by atoms with Crippen molar-refractivity contribution < 1.29 is 19.1 Å². The molecule has 2 aliphatic rings. The Hall–Kier alpha value is -3.72. The van der Waals surface area contributed by atoms with Crippen LogP contribution in [0.3, 0.4) is 0 Å². The number of nitrogens with one attached hydrogen (secondary N) is 1. The number of rotatable bonds is 6. The van der Waals surface area contributed by atoms with Crippen molar-refractivity contribution in [1.82, 2.24) is 25.2 Å². The maximum atomic E-state index is 13.2. The normalized spacial score (nSPS) is 18.8. The van der Waals surface area contributed by atoms with Gasteiger partial charge in [-0.1, -0.05) is 47.7 Å². The first-order valence-corrected chi connectivity index (χ1v) is 12.4. The minimum Gasteiger partial charge on any atom is -0.497 e. The van der Waals surface area contributed by atoms with Gasteiger partial charge < -0.3 is 19.7 Å². The van der Waals surface area contributed by atoms with E-state index in [1.165, 1.54) is 0 Å². The van der Waals surface area contributed by atoms with Crippen molar-refractivity contribution in [2.75, 3.05) is 20.2 Å². The molecule has 3 heterocycles. The lowest BCUT2D eigenvalue weighted by Gasteiger charge is -2.32. The first-order valence-electron chi connectivity index (χ1n) is 12.4. The van der Waals surface area contributed by atoms with Crippen LogP contribution >= 0.6 is 0 Å². The number of nitrogens with zero attached hydrogens (tertiary/aromatic N) is 4. The van der Waals surface area contributed by atoms with Gasteiger partial charge in [0.1, 0.15) is 11.9 Å². The molecule has 0 bridgehead atoms. The fraction of sp³-hybridized carbons (Fsp3) is 0.407. The van der Waals surface area contributed by atoms with Crippen LogP contribution in [0.1, 0.15) is 59.2 Å². The monoisotopic (exact) mass is 489 g/mol. The maximum Gasteiger partial charge on any atom is 0.276 e. The highest BCUT2D eigenvalue weighted by Crippen LogP contribution is 2.29. The Balaban J connectivity index is 1.16. The van der Waals surface area contributed by atoms with E-state index in [1.807, 2.05) is 61.5 Å². The van der Waals surface area contributed by atoms with Gasteiger partial charge in [-0.25, -0.2) is 4.68 Å². The van der Waals surface area contributed by atoms with Gasteiger partial charge in [-0.3, -0.25) is 9.59 Å². The lowest BCUT2D eigenvalue weighted by molar-refractivity contribution is -0.127. The quantitative estimate of drug-likeness (QED) is 0.571. The molecule has 188 valence electrons. The second-order valence-electron chi connectivity index (χ2n) is 9.35. The Morgan fingerprint density at radius 2 is 1.81 bits per heavy atom. The zero-order valence-corrected chi connectivity index (χ0v) is 20.6. The number of piperidine rings is 1. The molecule has 1 aromatic heterocycles. The van der Waals surface area contributed by atoms with Crippen molar-refractivity contribution in [2.24, 2.45) is 5.92 Å². The highest BCUT2D eigenvalue weighted by Gasteiger charge is 2.33. The minimum atomic E-state index is -0.166. The van der Waals surface area contributed by atoms with Crippen LogP contribution in [-0.2, 0) is 22.7 Å². The number of aromatic nitrogens is 3. The number of methoxy groups -OCH3 is 1. The van der Waals surface area contributed by atoms with Crippen LogP contribution in [0.5, 0.6) is 5.75 Å². The van der Waals surface area contributed by atoms with E-state index >= 15 is 0 Å². The average Bonchev–Trinajstić information content (AvgIpc) is 3.36. The lowest BCUT2D eigenvalue weighted by atomic mass is 9.95. The molecule has 1 N–H and O–H groups in total. The van der Waals surface area contributed by atoms with Crippen LogP contribution in [0.25, 0.3) is 0 Å². The van der Waals surface area contributed by atoms with Crippen molar-refractivity contribution in [3.8, 4) is 5.75 Å². The Labute approximate surface area is 210 Å². The summed E-state index contributed by atoms with van der Waals surface area (Å²) in [5.41, 5.74) is 3.13. The summed E-state index contributed by atoms with van der Waals surface area (Å²) < 4.78 is 13.0. The highest BCUT2D eigenvalue weighted by atomic mass is 16.5. The van der Waals surface area contributed by atoms with E-state index in [4.69, 9.17) is 9.47 Å². The summed E-state index contributed by atoms with van der Waals surface area (Å²) in [6.07, 6.45) is 1.08. The second-order valence-corrected chi connectivity index (χ2v) is 9.35.